The smallest absolute Gasteiger partial charge is 0.410 e. The van der Waals surface area contributed by atoms with Gasteiger partial charge in [0.2, 0.25) is 0 Å². The number of benzene rings is 1. The van der Waals surface area contributed by atoms with Gasteiger partial charge in [0.05, 0.1) is 11.6 Å². The van der Waals surface area contributed by atoms with Gasteiger partial charge in [0.25, 0.3) is 0 Å². The molecule has 106 valence electrons. The van der Waals surface area contributed by atoms with Crippen molar-refractivity contribution in [3.05, 3.63) is 34.9 Å². The molecule has 1 aromatic rings. The number of carbonyl (C=O) groups excluding carboxylic acids is 1. The van der Waals surface area contributed by atoms with Crippen molar-refractivity contribution in [2.24, 2.45) is 0 Å². The van der Waals surface area contributed by atoms with Crippen LogP contribution in [-0.4, -0.2) is 23.1 Å². The summed E-state index contributed by atoms with van der Waals surface area (Å²) < 4.78 is 5.43. The summed E-state index contributed by atoms with van der Waals surface area (Å²) in [6.07, 6.45) is 1.56. The zero-order valence-electron chi connectivity index (χ0n) is 12.3. The third-order valence-corrected chi connectivity index (χ3v) is 3.22. The molecule has 1 aromatic carbocycles. The van der Waals surface area contributed by atoms with E-state index in [2.05, 4.69) is 6.07 Å². The van der Waals surface area contributed by atoms with Gasteiger partial charge in [-0.15, -0.1) is 0 Å². The number of fused-ring (bicyclic) bond motifs is 1. The number of hydrogen-bond acceptors (Lipinski definition) is 3. The van der Waals surface area contributed by atoms with Gasteiger partial charge < -0.3 is 9.64 Å². The highest BCUT2D eigenvalue weighted by Gasteiger charge is 2.24. The molecular weight excluding hydrogens is 252 g/mol. The van der Waals surface area contributed by atoms with Gasteiger partial charge in [-0.05, 0) is 56.9 Å². The van der Waals surface area contributed by atoms with Crippen LogP contribution in [0, 0.1) is 11.3 Å². The minimum Gasteiger partial charge on any atom is -0.444 e. The van der Waals surface area contributed by atoms with E-state index in [0.29, 0.717) is 18.7 Å². The Hall–Kier alpha value is -2.02. The highest BCUT2D eigenvalue weighted by atomic mass is 16.6. The van der Waals surface area contributed by atoms with Gasteiger partial charge >= 0.3 is 6.09 Å². The highest BCUT2D eigenvalue weighted by molar-refractivity contribution is 5.68. The lowest BCUT2D eigenvalue weighted by molar-refractivity contribution is 0.0237. The SMILES string of the molecule is CC(C)(C)OC(=O)N1CCCc2ccc(C#N)cc2C1. The third kappa shape index (κ3) is 3.51. The van der Waals surface area contributed by atoms with Crippen molar-refractivity contribution in [2.75, 3.05) is 6.54 Å². The number of nitriles is 1. The van der Waals surface area contributed by atoms with E-state index in [0.717, 1.165) is 18.4 Å². The predicted molar refractivity (Wildman–Crippen MR) is 76.1 cm³/mol. The van der Waals surface area contributed by atoms with Gasteiger partial charge in [-0.3, -0.25) is 0 Å². The number of rotatable bonds is 0. The second-order valence-corrected chi connectivity index (χ2v) is 6.10. The molecule has 0 radical (unpaired) electrons. The van der Waals surface area contributed by atoms with E-state index in [9.17, 15) is 4.79 Å². The van der Waals surface area contributed by atoms with Gasteiger partial charge in [0.1, 0.15) is 5.60 Å². The van der Waals surface area contributed by atoms with Gasteiger partial charge in [-0.2, -0.15) is 5.26 Å². The van der Waals surface area contributed by atoms with Crippen LogP contribution < -0.4 is 0 Å². The van der Waals surface area contributed by atoms with Crippen LogP contribution in [0.25, 0.3) is 0 Å². The Bertz CT molecular complexity index is 553. The summed E-state index contributed by atoms with van der Waals surface area (Å²) in [4.78, 5) is 13.9. The molecule has 0 fully saturated rings. The molecule has 0 bridgehead atoms. The highest BCUT2D eigenvalue weighted by Crippen LogP contribution is 2.21. The van der Waals surface area contributed by atoms with E-state index < -0.39 is 5.60 Å². The molecule has 0 unspecified atom stereocenters. The lowest BCUT2D eigenvalue weighted by Gasteiger charge is -2.26. The predicted octanol–water partition coefficient (Wildman–Crippen LogP) is 3.24. The maximum absolute atomic E-state index is 12.2. The molecular formula is C16H20N2O2. The Labute approximate surface area is 120 Å². The average Bonchev–Trinajstić information content (AvgIpc) is 2.57. The Balaban J connectivity index is 2.19. The minimum absolute atomic E-state index is 0.285. The second-order valence-electron chi connectivity index (χ2n) is 6.10. The summed E-state index contributed by atoms with van der Waals surface area (Å²) in [7, 11) is 0. The van der Waals surface area contributed by atoms with E-state index in [-0.39, 0.29) is 6.09 Å². The molecule has 2 rings (SSSR count). The molecule has 0 spiro atoms. The molecule has 1 aliphatic heterocycles. The van der Waals surface area contributed by atoms with Gasteiger partial charge in [-0.25, -0.2) is 4.79 Å². The standard InChI is InChI=1S/C16H20N2O2/c1-16(2,3)20-15(19)18-8-4-5-13-7-6-12(10-17)9-14(13)11-18/h6-7,9H,4-5,8,11H2,1-3H3. The molecule has 0 saturated heterocycles. The van der Waals surface area contributed by atoms with Crippen molar-refractivity contribution in [3.63, 3.8) is 0 Å². The van der Waals surface area contributed by atoms with Crippen LogP contribution in [0.15, 0.2) is 18.2 Å². The van der Waals surface area contributed by atoms with E-state index in [1.54, 1.807) is 4.90 Å². The number of ether oxygens (including phenoxy) is 1. The molecule has 1 amide bonds. The van der Waals surface area contributed by atoms with Gasteiger partial charge in [0.15, 0.2) is 0 Å². The maximum Gasteiger partial charge on any atom is 0.410 e. The van der Waals surface area contributed by atoms with Crippen molar-refractivity contribution in [3.8, 4) is 6.07 Å². The van der Waals surface area contributed by atoms with Crippen LogP contribution in [0.3, 0.4) is 0 Å². The van der Waals surface area contributed by atoms with Crippen LogP contribution in [0.5, 0.6) is 0 Å². The van der Waals surface area contributed by atoms with Crippen LogP contribution in [0.1, 0.15) is 43.9 Å². The first-order valence-electron chi connectivity index (χ1n) is 6.89. The molecule has 20 heavy (non-hydrogen) atoms. The summed E-state index contributed by atoms with van der Waals surface area (Å²) in [5.74, 6) is 0. The zero-order chi connectivity index (χ0) is 14.8. The summed E-state index contributed by atoms with van der Waals surface area (Å²) in [5, 5.41) is 8.98. The topological polar surface area (TPSA) is 53.3 Å². The molecule has 1 aliphatic rings. The van der Waals surface area contributed by atoms with Crippen LogP contribution >= 0.6 is 0 Å². The summed E-state index contributed by atoms with van der Waals surface area (Å²) in [6.45, 7) is 6.80. The summed E-state index contributed by atoms with van der Waals surface area (Å²) in [6, 6.07) is 7.85. The molecule has 1 heterocycles. The fourth-order valence-electron chi connectivity index (χ4n) is 2.31. The molecule has 0 aromatic heterocycles. The van der Waals surface area contributed by atoms with Crippen molar-refractivity contribution in [2.45, 2.75) is 45.8 Å². The lowest BCUT2D eigenvalue weighted by atomic mass is 10.0. The van der Waals surface area contributed by atoms with E-state index in [1.165, 1.54) is 5.56 Å². The fraction of sp³-hybridized carbons (Fsp3) is 0.500. The van der Waals surface area contributed by atoms with Crippen LogP contribution in [0.2, 0.25) is 0 Å². The molecule has 0 aliphatic carbocycles. The van der Waals surface area contributed by atoms with Gasteiger partial charge in [0, 0.05) is 13.1 Å². The fourth-order valence-corrected chi connectivity index (χ4v) is 2.31. The van der Waals surface area contributed by atoms with Crippen LogP contribution in [-0.2, 0) is 17.7 Å². The lowest BCUT2D eigenvalue weighted by Crippen LogP contribution is -2.36. The largest absolute Gasteiger partial charge is 0.444 e. The quantitative estimate of drug-likeness (QED) is 0.728. The van der Waals surface area contributed by atoms with E-state index in [1.807, 2.05) is 39.0 Å². The van der Waals surface area contributed by atoms with Crippen LogP contribution in [0.4, 0.5) is 4.79 Å². The van der Waals surface area contributed by atoms with Crippen molar-refractivity contribution >= 4 is 6.09 Å². The van der Waals surface area contributed by atoms with E-state index in [4.69, 9.17) is 10.00 Å². The maximum atomic E-state index is 12.2. The number of nitrogens with zero attached hydrogens (tertiary/aromatic N) is 2. The Morgan fingerprint density at radius 2 is 2.10 bits per heavy atom. The first kappa shape index (κ1) is 14.4. The monoisotopic (exact) mass is 272 g/mol. The average molecular weight is 272 g/mol. The van der Waals surface area contributed by atoms with Crippen molar-refractivity contribution in [1.29, 1.82) is 5.26 Å². The van der Waals surface area contributed by atoms with Gasteiger partial charge in [-0.1, -0.05) is 6.07 Å². The van der Waals surface area contributed by atoms with Crippen molar-refractivity contribution in [1.82, 2.24) is 4.90 Å². The van der Waals surface area contributed by atoms with E-state index >= 15 is 0 Å². The number of hydrogen-bond donors (Lipinski definition) is 0. The Kier molecular flexibility index (Phi) is 3.99. The number of aryl methyl sites for hydroxylation is 1. The Morgan fingerprint density at radius 1 is 1.35 bits per heavy atom. The number of carbonyl (C=O) groups is 1. The molecule has 0 N–H and O–H groups in total. The number of amides is 1. The Morgan fingerprint density at radius 3 is 2.75 bits per heavy atom. The zero-order valence-corrected chi connectivity index (χ0v) is 12.3. The second kappa shape index (κ2) is 5.54. The van der Waals surface area contributed by atoms with Crippen molar-refractivity contribution < 1.29 is 9.53 Å². The summed E-state index contributed by atoms with van der Waals surface area (Å²) in [5.41, 5.74) is 2.41. The first-order valence-corrected chi connectivity index (χ1v) is 6.89. The first-order chi connectivity index (χ1) is 9.39. The molecule has 0 atom stereocenters. The summed E-state index contributed by atoms with van der Waals surface area (Å²) >= 11 is 0. The molecule has 4 nitrogen and oxygen atoms in total. The normalized spacial score (nSPS) is 15.0. The molecule has 4 heteroatoms. The minimum atomic E-state index is -0.485. The third-order valence-electron chi connectivity index (χ3n) is 3.22. The molecule has 0 saturated carbocycles.